The van der Waals surface area contributed by atoms with Crippen LogP contribution in [0.3, 0.4) is 0 Å². The fourth-order valence-corrected chi connectivity index (χ4v) is 4.90. The highest BCUT2D eigenvalue weighted by atomic mass is 35.5. The molecule has 210 valence electrons. The minimum atomic E-state index is -0.981. The van der Waals surface area contributed by atoms with E-state index in [1.165, 1.54) is 23.8 Å². The van der Waals surface area contributed by atoms with Gasteiger partial charge in [0, 0.05) is 36.4 Å². The van der Waals surface area contributed by atoms with Crippen molar-refractivity contribution in [3.8, 4) is 0 Å². The van der Waals surface area contributed by atoms with Gasteiger partial charge in [0.2, 0.25) is 5.91 Å². The number of hydrogen-bond acceptors (Lipinski definition) is 6. The lowest BCUT2D eigenvalue weighted by atomic mass is 9.94. The molecular weight excluding hydrogens is 547 g/mol. The largest absolute Gasteiger partial charge is 0.480 e. The summed E-state index contributed by atoms with van der Waals surface area (Å²) in [6, 6.07) is 9.31. The van der Waals surface area contributed by atoms with Crippen LogP contribution in [0.1, 0.15) is 49.9 Å². The molecule has 0 spiro atoms. The summed E-state index contributed by atoms with van der Waals surface area (Å²) in [5, 5.41) is 10.3. The number of ether oxygens (including phenoxy) is 2. The molecule has 0 fully saturated rings. The van der Waals surface area contributed by atoms with E-state index in [1.807, 2.05) is 18.2 Å². The number of fused-ring (bicyclic) bond motifs is 2. The Bertz CT molecular complexity index is 1280. The zero-order chi connectivity index (χ0) is 29.1. The van der Waals surface area contributed by atoms with Gasteiger partial charge in [-0.2, -0.15) is 0 Å². The highest BCUT2D eigenvalue weighted by Crippen LogP contribution is 2.29. The first-order valence-electron chi connectivity index (χ1n) is 12.3. The van der Waals surface area contributed by atoms with E-state index in [0.29, 0.717) is 36.0 Å². The first-order valence-corrected chi connectivity index (χ1v) is 13.1. The Kier molecular flexibility index (Phi) is 9.51. The molecule has 0 aliphatic carbocycles. The van der Waals surface area contributed by atoms with Crippen LogP contribution in [0.25, 0.3) is 0 Å². The Hall–Kier alpha value is -3.30. The lowest BCUT2D eigenvalue weighted by molar-refractivity contribution is -0.150. The van der Waals surface area contributed by atoms with Gasteiger partial charge in [0.25, 0.3) is 0 Å². The Morgan fingerprint density at radius 2 is 1.33 bits per heavy atom. The van der Waals surface area contributed by atoms with Gasteiger partial charge in [-0.3, -0.25) is 9.69 Å². The lowest BCUT2D eigenvalue weighted by Crippen LogP contribution is -2.50. The molecule has 0 aromatic heterocycles. The number of carbonyl (C=O) groups is 4. The van der Waals surface area contributed by atoms with E-state index in [1.54, 1.807) is 39.0 Å². The maximum absolute atomic E-state index is 12.4. The number of carboxylic acids is 1. The van der Waals surface area contributed by atoms with Crippen LogP contribution in [0.5, 0.6) is 0 Å². The maximum Gasteiger partial charge on any atom is 0.411 e. The molecule has 0 saturated heterocycles. The summed E-state index contributed by atoms with van der Waals surface area (Å²) in [4.78, 5) is 49.8. The highest BCUT2D eigenvalue weighted by Gasteiger charge is 2.38. The number of carbonyl (C=O) groups excluding carboxylic acids is 3. The standard InChI is InChI=1S/C16H20ClNO4.C12H12ClNO3/c1-16(2,3)22-15(20)18-9-10-5-6-12(17)7-11(10)8-13(18)14(19)21-4;1-7(15)14-6-8-2-3-10(13)4-9(8)5-11(14)12(16)17/h5-7,13H,8-9H2,1-4H3;2-4,11H,5-6H2,1H3,(H,16,17)/t13-;11-/m11/s1. The van der Waals surface area contributed by atoms with E-state index >= 15 is 0 Å². The van der Waals surface area contributed by atoms with E-state index in [4.69, 9.17) is 37.8 Å². The van der Waals surface area contributed by atoms with Crippen LogP contribution < -0.4 is 0 Å². The molecule has 4 rings (SSSR count). The van der Waals surface area contributed by atoms with Crippen LogP contribution in [0.2, 0.25) is 10.0 Å². The van der Waals surface area contributed by atoms with Crippen molar-refractivity contribution in [3.63, 3.8) is 0 Å². The first kappa shape index (κ1) is 30.2. The summed E-state index contributed by atoms with van der Waals surface area (Å²) in [6.07, 6.45) is 0.149. The zero-order valence-corrected chi connectivity index (χ0v) is 24.0. The van der Waals surface area contributed by atoms with Gasteiger partial charge in [-0.15, -0.1) is 0 Å². The lowest BCUT2D eigenvalue weighted by Gasteiger charge is -2.36. The second-order valence-corrected chi connectivity index (χ2v) is 11.3. The number of amides is 2. The average molecular weight is 579 g/mol. The van der Waals surface area contributed by atoms with Crippen LogP contribution >= 0.6 is 23.2 Å². The predicted octanol–water partition coefficient (Wildman–Crippen LogP) is 4.87. The molecule has 0 radical (unpaired) electrons. The number of benzene rings is 2. The van der Waals surface area contributed by atoms with Gasteiger partial charge in [0.05, 0.1) is 13.7 Å². The van der Waals surface area contributed by atoms with Crippen molar-refractivity contribution < 1.29 is 33.8 Å². The molecule has 0 saturated carbocycles. The molecule has 2 aromatic rings. The first-order chi connectivity index (χ1) is 18.2. The molecule has 9 nitrogen and oxygen atoms in total. The topological polar surface area (TPSA) is 113 Å². The van der Waals surface area contributed by atoms with Crippen molar-refractivity contribution in [2.75, 3.05) is 7.11 Å². The highest BCUT2D eigenvalue weighted by molar-refractivity contribution is 6.31. The molecule has 0 bridgehead atoms. The predicted molar refractivity (Wildman–Crippen MR) is 146 cm³/mol. The molecule has 2 aliphatic heterocycles. The minimum Gasteiger partial charge on any atom is -0.480 e. The summed E-state index contributed by atoms with van der Waals surface area (Å²) in [5.41, 5.74) is 3.14. The van der Waals surface area contributed by atoms with Gasteiger partial charge in [0.15, 0.2) is 0 Å². The normalized spacial score (nSPS) is 18.1. The number of rotatable bonds is 2. The number of halogens is 2. The van der Waals surface area contributed by atoms with Crippen molar-refractivity contribution in [1.82, 2.24) is 9.80 Å². The molecule has 2 aromatic carbocycles. The Balaban J connectivity index is 0.000000223. The second-order valence-electron chi connectivity index (χ2n) is 10.4. The molecule has 11 heteroatoms. The van der Waals surface area contributed by atoms with Crippen molar-refractivity contribution in [2.45, 2.75) is 71.3 Å². The molecular formula is C28H32Cl2N2O7. The van der Waals surface area contributed by atoms with Crippen molar-refractivity contribution in [1.29, 1.82) is 0 Å². The van der Waals surface area contributed by atoms with E-state index in [9.17, 15) is 19.2 Å². The van der Waals surface area contributed by atoms with Gasteiger partial charge in [0.1, 0.15) is 17.7 Å². The number of hydrogen-bond donors (Lipinski definition) is 1. The zero-order valence-electron chi connectivity index (χ0n) is 22.5. The van der Waals surface area contributed by atoms with E-state index < -0.39 is 35.7 Å². The molecule has 2 amide bonds. The summed E-state index contributed by atoms with van der Waals surface area (Å²) in [5.74, 6) is -1.67. The van der Waals surface area contributed by atoms with Gasteiger partial charge in [-0.05, 0) is 67.3 Å². The van der Waals surface area contributed by atoms with E-state index in [0.717, 1.165) is 22.3 Å². The number of carboxylic acid groups (broad SMARTS) is 1. The molecule has 2 atom stereocenters. The molecule has 2 aliphatic rings. The van der Waals surface area contributed by atoms with Crippen molar-refractivity contribution in [3.05, 3.63) is 68.7 Å². The number of methoxy groups -OCH3 is 1. The van der Waals surface area contributed by atoms with Crippen LogP contribution in [0, 0.1) is 0 Å². The maximum atomic E-state index is 12.4. The quantitative estimate of drug-likeness (QED) is 0.505. The monoisotopic (exact) mass is 578 g/mol. The molecule has 2 heterocycles. The summed E-state index contributed by atoms with van der Waals surface area (Å²) >= 11 is 11.9. The van der Waals surface area contributed by atoms with Crippen LogP contribution in [-0.4, -0.2) is 63.6 Å². The van der Waals surface area contributed by atoms with Crippen molar-refractivity contribution >= 4 is 47.1 Å². The van der Waals surface area contributed by atoms with Crippen molar-refractivity contribution in [2.24, 2.45) is 0 Å². The smallest absolute Gasteiger partial charge is 0.411 e. The third-order valence-electron chi connectivity index (χ3n) is 6.39. The summed E-state index contributed by atoms with van der Waals surface area (Å²) < 4.78 is 10.2. The Morgan fingerprint density at radius 1 is 0.846 bits per heavy atom. The minimum absolute atomic E-state index is 0.224. The van der Waals surface area contributed by atoms with Crippen LogP contribution in [-0.2, 0) is 49.8 Å². The molecule has 1 N–H and O–H groups in total. The summed E-state index contributed by atoms with van der Waals surface area (Å²) in [7, 11) is 1.31. The van der Waals surface area contributed by atoms with Crippen LogP contribution in [0.15, 0.2) is 36.4 Å². The van der Waals surface area contributed by atoms with E-state index in [2.05, 4.69) is 0 Å². The molecule has 0 unspecified atom stereocenters. The molecule has 39 heavy (non-hydrogen) atoms. The van der Waals surface area contributed by atoms with Gasteiger partial charge in [-0.25, -0.2) is 14.4 Å². The number of esters is 1. The Morgan fingerprint density at radius 3 is 1.77 bits per heavy atom. The third-order valence-corrected chi connectivity index (χ3v) is 6.86. The second kappa shape index (κ2) is 12.3. The van der Waals surface area contributed by atoms with Gasteiger partial charge in [-0.1, -0.05) is 35.3 Å². The number of aliphatic carboxylic acids is 1. The Labute approximate surface area is 237 Å². The fourth-order valence-electron chi connectivity index (χ4n) is 4.51. The summed E-state index contributed by atoms with van der Waals surface area (Å²) in [6.45, 7) is 7.37. The van der Waals surface area contributed by atoms with Gasteiger partial charge < -0.3 is 19.5 Å². The van der Waals surface area contributed by atoms with Crippen LogP contribution in [0.4, 0.5) is 4.79 Å². The third kappa shape index (κ3) is 7.64. The average Bonchev–Trinajstić information content (AvgIpc) is 2.85. The number of nitrogens with zero attached hydrogens (tertiary/aromatic N) is 2. The van der Waals surface area contributed by atoms with Gasteiger partial charge >= 0.3 is 18.0 Å². The van der Waals surface area contributed by atoms with E-state index in [-0.39, 0.29) is 5.91 Å². The fraction of sp³-hybridized carbons (Fsp3) is 0.429. The SMILES string of the molecule is CC(=O)N1Cc2ccc(Cl)cc2C[C@@H]1C(=O)O.COC(=O)[C@H]1Cc2cc(Cl)ccc2CN1C(=O)OC(C)(C)C.